The van der Waals surface area contributed by atoms with Crippen LogP contribution >= 0.6 is 15.6 Å². The van der Waals surface area contributed by atoms with Crippen molar-refractivity contribution in [2.24, 2.45) is 10.2 Å². The van der Waals surface area contributed by atoms with Crippen LogP contribution in [0.15, 0.2) is 41.8 Å². The number of aryl methyl sites for hydroxylation is 2. The van der Waals surface area contributed by atoms with Gasteiger partial charge in [-0.15, -0.1) is 0 Å². The van der Waals surface area contributed by atoms with Crippen LogP contribution in [0.1, 0.15) is 36.4 Å². The molecule has 0 aliphatic carbocycles. The van der Waals surface area contributed by atoms with Gasteiger partial charge in [0.2, 0.25) is 0 Å². The molecule has 244 valence electrons. The maximum atomic E-state index is 12.5. The average molecular weight is 676 g/mol. The summed E-state index contributed by atoms with van der Waals surface area (Å²) < 4.78 is 52.2. The first-order valence-corrected chi connectivity index (χ1v) is 15.8. The van der Waals surface area contributed by atoms with Crippen molar-refractivity contribution in [3.63, 3.8) is 0 Å². The van der Waals surface area contributed by atoms with Crippen LogP contribution in [0, 0.1) is 13.8 Å². The first-order chi connectivity index (χ1) is 21.1. The monoisotopic (exact) mass is 676 g/mol. The van der Waals surface area contributed by atoms with Gasteiger partial charge in [0.25, 0.3) is 11.1 Å². The lowest BCUT2D eigenvalue weighted by Crippen LogP contribution is -2.33. The van der Waals surface area contributed by atoms with Crippen molar-refractivity contribution in [3.8, 4) is 0 Å². The van der Waals surface area contributed by atoms with E-state index in [-0.39, 0.29) is 24.0 Å². The number of hydrogen-bond donors (Lipinski definition) is 4. The van der Waals surface area contributed by atoms with E-state index >= 15 is 0 Å². The second-order valence-corrected chi connectivity index (χ2v) is 12.9. The molecule has 0 amide bonds. The van der Waals surface area contributed by atoms with Crippen molar-refractivity contribution in [2.45, 2.75) is 63.4 Å². The number of rotatable bonds is 12. The molecule has 2 aromatic rings. The maximum absolute atomic E-state index is 12.5. The Morgan fingerprint density at radius 2 is 1.22 bits per heavy atom. The number of aromatic nitrogens is 4. The summed E-state index contributed by atoms with van der Waals surface area (Å²) in [6.45, 7) is 1.24. The Hall–Kier alpha value is -3.84. The van der Waals surface area contributed by atoms with Crippen LogP contribution in [0.3, 0.4) is 0 Å². The van der Waals surface area contributed by atoms with E-state index in [1.807, 2.05) is 0 Å². The van der Waals surface area contributed by atoms with Crippen molar-refractivity contribution in [1.82, 2.24) is 19.1 Å². The minimum absolute atomic E-state index is 0.0961. The number of ether oxygens (including phenoxy) is 2. The molecule has 2 fully saturated rings. The number of phosphoric ester groups is 2. The molecule has 0 aromatic carbocycles. The molecule has 4 N–H and O–H groups in total. The third kappa shape index (κ3) is 8.26. The highest BCUT2D eigenvalue weighted by molar-refractivity contribution is 7.61. The molecule has 2 aromatic heterocycles. The van der Waals surface area contributed by atoms with Gasteiger partial charge in [-0.3, -0.25) is 37.7 Å². The predicted molar refractivity (Wildman–Crippen MR) is 148 cm³/mol. The Balaban J connectivity index is 1.38. The molecule has 8 atom stereocenters. The molecule has 4 heterocycles. The molecule has 25 heteroatoms. The Kier molecular flexibility index (Phi) is 10.3. The zero-order chi connectivity index (χ0) is 33.1. The van der Waals surface area contributed by atoms with Crippen molar-refractivity contribution >= 4 is 15.6 Å². The van der Waals surface area contributed by atoms with E-state index in [0.717, 1.165) is 9.13 Å². The third-order valence-electron chi connectivity index (χ3n) is 6.73. The summed E-state index contributed by atoms with van der Waals surface area (Å²) in [6, 6.07) is -2.06. The molecule has 45 heavy (non-hydrogen) atoms. The average Bonchev–Trinajstić information content (AvgIpc) is 3.54. The van der Waals surface area contributed by atoms with Crippen molar-refractivity contribution in [2.75, 3.05) is 13.2 Å². The standard InChI is InChI=1S/C20H26N10O13P2/c1-9-5-29(19(33)23-17(9)31)15-3-11(25-27-21)13(41-15)7-39-44(35,36)43-45(37,38)40-8-14-12(26-28-22)4-16(42-14)30-6-10(2)18(32)24-20(30)34/h5-6,11-16H,3-4,7-8H2,1-2H3,(H,35,36)(H,37,38)(H,23,31,33)(H,24,32,34)/t11-,12+,13+,14-,15+,16-. The molecule has 2 saturated heterocycles. The van der Waals surface area contributed by atoms with Crippen molar-refractivity contribution in [1.29, 1.82) is 0 Å². The summed E-state index contributed by atoms with van der Waals surface area (Å²) in [5.74, 6) is 0. The fourth-order valence-corrected chi connectivity index (χ4v) is 6.65. The summed E-state index contributed by atoms with van der Waals surface area (Å²) in [5, 5.41) is 7.05. The van der Waals surface area contributed by atoms with Crippen LogP contribution in [0.2, 0.25) is 0 Å². The van der Waals surface area contributed by atoms with E-state index in [1.54, 1.807) is 0 Å². The smallest absolute Gasteiger partial charge is 0.352 e. The highest BCUT2D eigenvalue weighted by Crippen LogP contribution is 2.60. The summed E-state index contributed by atoms with van der Waals surface area (Å²) in [6.07, 6.45) is -2.38. The number of nitrogens with zero attached hydrogens (tertiary/aromatic N) is 8. The fourth-order valence-electron chi connectivity index (χ4n) is 4.56. The second kappa shape index (κ2) is 13.7. The molecular formula is C20H26N10O13P2. The summed E-state index contributed by atoms with van der Waals surface area (Å²) in [4.78, 5) is 77.5. The minimum atomic E-state index is -5.36. The van der Waals surface area contributed by atoms with Crippen LogP contribution in [0.25, 0.3) is 20.9 Å². The van der Waals surface area contributed by atoms with Crippen LogP contribution < -0.4 is 22.5 Å². The largest absolute Gasteiger partial charge is 0.481 e. The molecule has 2 aliphatic rings. The van der Waals surface area contributed by atoms with Crippen LogP contribution in [0.4, 0.5) is 0 Å². The highest BCUT2D eigenvalue weighted by atomic mass is 31.3. The fraction of sp³-hybridized carbons (Fsp3) is 0.600. The number of nitrogens with one attached hydrogen (secondary N) is 2. The molecule has 2 aliphatic heterocycles. The van der Waals surface area contributed by atoms with Gasteiger partial charge in [-0.2, -0.15) is 4.31 Å². The second-order valence-electron chi connectivity index (χ2n) is 9.84. The van der Waals surface area contributed by atoms with Gasteiger partial charge in [0.15, 0.2) is 0 Å². The van der Waals surface area contributed by atoms with Gasteiger partial charge >= 0.3 is 27.0 Å². The van der Waals surface area contributed by atoms with Crippen LogP contribution in [-0.2, 0) is 32.0 Å². The van der Waals surface area contributed by atoms with Gasteiger partial charge in [-0.25, -0.2) is 18.7 Å². The summed E-state index contributed by atoms with van der Waals surface area (Å²) >= 11 is 0. The van der Waals surface area contributed by atoms with Crippen molar-refractivity contribution < 1.29 is 41.7 Å². The van der Waals surface area contributed by atoms with Gasteiger partial charge in [0, 0.05) is 46.2 Å². The first kappa shape index (κ1) is 34.0. The third-order valence-corrected chi connectivity index (χ3v) is 9.33. The zero-order valence-electron chi connectivity index (χ0n) is 23.3. The number of hydrogen-bond acceptors (Lipinski definition) is 13. The van der Waals surface area contributed by atoms with Gasteiger partial charge in [0.05, 0.1) is 37.5 Å². The first-order valence-electron chi connectivity index (χ1n) is 12.8. The lowest BCUT2D eigenvalue weighted by molar-refractivity contribution is -0.0306. The summed E-state index contributed by atoms with van der Waals surface area (Å²) in [5.41, 5.74) is 15.3. The molecular weight excluding hydrogens is 650 g/mol. The Morgan fingerprint density at radius 3 is 1.58 bits per heavy atom. The summed E-state index contributed by atoms with van der Waals surface area (Å²) in [7, 11) is -10.7. The number of H-pyrrole nitrogens is 2. The van der Waals surface area contributed by atoms with Gasteiger partial charge < -0.3 is 19.3 Å². The molecule has 0 saturated carbocycles. The number of aromatic amines is 2. The molecule has 0 spiro atoms. The quantitative estimate of drug-likeness (QED) is 0.105. The normalized spacial score (nSPS) is 27.2. The zero-order valence-corrected chi connectivity index (χ0v) is 25.1. The van der Waals surface area contributed by atoms with Gasteiger partial charge in [-0.05, 0) is 24.9 Å². The molecule has 4 rings (SSSR count). The van der Waals surface area contributed by atoms with E-state index in [0.29, 0.717) is 0 Å². The van der Waals surface area contributed by atoms with Crippen LogP contribution in [-0.4, -0.2) is 66.4 Å². The molecule has 0 bridgehead atoms. The molecule has 2 unspecified atom stereocenters. The van der Waals surface area contributed by atoms with Crippen LogP contribution in [0.5, 0.6) is 0 Å². The van der Waals surface area contributed by atoms with Gasteiger partial charge in [0.1, 0.15) is 12.5 Å². The Bertz CT molecular complexity index is 1740. The maximum Gasteiger partial charge on any atom is 0.481 e. The molecule has 0 radical (unpaired) electrons. The number of phosphoric acid groups is 2. The van der Waals surface area contributed by atoms with E-state index in [1.165, 1.54) is 26.2 Å². The SMILES string of the molecule is Cc1cn([C@@H]2C[C@@H](N=[N+]=[N-])[C@H](COP(=O)(O)OP(=O)(O)OC[C@H]3O[C@@H](n4cc(C)c(=O)[nH]c4=O)C[C@@H]3N=[N+]=[N-])O2)c(=O)[nH]c1=O. The van der Waals surface area contributed by atoms with Crippen molar-refractivity contribution in [3.05, 3.63) is 86.1 Å². The predicted octanol–water partition coefficient (Wildman–Crippen LogP) is 0.887. The van der Waals surface area contributed by atoms with E-state index in [4.69, 9.17) is 29.6 Å². The topological polar surface area (TPSA) is 328 Å². The highest BCUT2D eigenvalue weighted by Gasteiger charge is 2.43. The molecule has 23 nitrogen and oxygen atoms in total. The van der Waals surface area contributed by atoms with E-state index in [2.05, 4.69) is 34.3 Å². The van der Waals surface area contributed by atoms with E-state index in [9.17, 15) is 38.1 Å². The lowest BCUT2D eigenvalue weighted by Gasteiger charge is -2.21. The Labute approximate surface area is 249 Å². The lowest BCUT2D eigenvalue weighted by atomic mass is 10.1. The Morgan fingerprint density at radius 1 is 0.844 bits per heavy atom. The number of azide groups is 2. The van der Waals surface area contributed by atoms with E-state index < -0.39 is 88.1 Å². The van der Waals surface area contributed by atoms with Gasteiger partial charge in [-0.1, -0.05) is 10.2 Å². The minimum Gasteiger partial charge on any atom is -0.352 e.